The van der Waals surface area contributed by atoms with E-state index in [1.165, 1.54) is 18.6 Å². The Labute approximate surface area is 112 Å². The third-order valence-electron chi connectivity index (χ3n) is 2.54. The molecule has 0 saturated carbocycles. The molecule has 1 atom stereocenters. The molecule has 5 heteroatoms. The minimum absolute atomic E-state index is 0.433. The van der Waals surface area contributed by atoms with Crippen LogP contribution in [0.5, 0.6) is 0 Å². The van der Waals surface area contributed by atoms with Gasteiger partial charge in [0.15, 0.2) is 0 Å². The summed E-state index contributed by atoms with van der Waals surface area (Å²) in [6, 6.07) is 1.08. The molecule has 0 N–H and O–H groups in total. The Morgan fingerprint density at radius 2 is 1.82 bits per heavy atom. The second kappa shape index (κ2) is 12.9. The van der Waals surface area contributed by atoms with Crippen molar-refractivity contribution in [3.05, 3.63) is 0 Å². The van der Waals surface area contributed by atoms with Crippen molar-refractivity contribution in [2.45, 2.75) is 45.3 Å². The summed E-state index contributed by atoms with van der Waals surface area (Å²) in [5.74, 6) is 2.34. The SMILES string of the molecule is CCOC(CC)CSCCCC[Si](OC)OC. The van der Waals surface area contributed by atoms with E-state index in [0.717, 1.165) is 24.8 Å². The molecular formula is C12H27O3SSi. The Hall–Kier alpha value is 0.447. The van der Waals surface area contributed by atoms with Gasteiger partial charge in [-0.3, -0.25) is 0 Å². The van der Waals surface area contributed by atoms with Gasteiger partial charge in [0.05, 0.1) is 6.10 Å². The van der Waals surface area contributed by atoms with Gasteiger partial charge in [-0.25, -0.2) is 0 Å². The first-order chi connectivity index (χ1) is 8.28. The maximum absolute atomic E-state index is 5.61. The molecule has 0 aromatic rings. The fourth-order valence-corrected chi connectivity index (χ4v) is 3.78. The van der Waals surface area contributed by atoms with Crippen molar-refractivity contribution in [1.29, 1.82) is 0 Å². The van der Waals surface area contributed by atoms with Crippen molar-refractivity contribution in [3.63, 3.8) is 0 Å². The van der Waals surface area contributed by atoms with E-state index in [4.69, 9.17) is 13.6 Å². The molecular weight excluding hydrogens is 252 g/mol. The molecule has 0 aromatic carbocycles. The van der Waals surface area contributed by atoms with E-state index in [9.17, 15) is 0 Å². The summed E-state index contributed by atoms with van der Waals surface area (Å²) in [6.45, 7) is 5.08. The molecule has 0 aliphatic carbocycles. The molecule has 0 bridgehead atoms. The lowest BCUT2D eigenvalue weighted by Gasteiger charge is -2.14. The first-order valence-electron chi connectivity index (χ1n) is 6.41. The zero-order chi connectivity index (χ0) is 12.9. The molecule has 0 spiro atoms. The number of ether oxygens (including phenoxy) is 1. The van der Waals surface area contributed by atoms with E-state index in [1.807, 2.05) is 11.8 Å². The van der Waals surface area contributed by atoms with Crippen LogP contribution in [0.1, 0.15) is 33.1 Å². The molecule has 0 rings (SSSR count). The number of unbranched alkanes of at least 4 members (excludes halogenated alkanes) is 1. The molecule has 0 saturated heterocycles. The topological polar surface area (TPSA) is 27.7 Å². The Morgan fingerprint density at radius 1 is 1.12 bits per heavy atom. The highest BCUT2D eigenvalue weighted by atomic mass is 32.2. The quantitative estimate of drug-likeness (QED) is 0.405. The highest BCUT2D eigenvalue weighted by Crippen LogP contribution is 2.12. The Balaban J connectivity index is 3.33. The van der Waals surface area contributed by atoms with E-state index in [-0.39, 0.29) is 0 Å². The lowest BCUT2D eigenvalue weighted by atomic mass is 10.3. The first kappa shape index (κ1) is 17.4. The number of hydrogen-bond donors (Lipinski definition) is 0. The van der Waals surface area contributed by atoms with Crippen LogP contribution in [0.15, 0.2) is 0 Å². The third kappa shape index (κ3) is 10.1. The predicted molar refractivity (Wildman–Crippen MR) is 76.8 cm³/mol. The molecule has 0 aliphatic rings. The van der Waals surface area contributed by atoms with Crippen LogP contribution in [0.25, 0.3) is 0 Å². The van der Waals surface area contributed by atoms with Crippen molar-refractivity contribution >= 4 is 21.0 Å². The third-order valence-corrected chi connectivity index (χ3v) is 5.39. The Morgan fingerprint density at radius 3 is 2.35 bits per heavy atom. The van der Waals surface area contributed by atoms with Gasteiger partial charge in [0.1, 0.15) is 0 Å². The first-order valence-corrected chi connectivity index (χ1v) is 9.09. The summed E-state index contributed by atoms with van der Waals surface area (Å²) in [4.78, 5) is 0. The zero-order valence-corrected chi connectivity index (χ0v) is 13.5. The maximum atomic E-state index is 5.61. The fraction of sp³-hybridized carbons (Fsp3) is 1.00. The second-order valence-corrected chi connectivity index (χ2v) is 7.01. The van der Waals surface area contributed by atoms with Gasteiger partial charge < -0.3 is 13.6 Å². The van der Waals surface area contributed by atoms with Gasteiger partial charge in [-0.15, -0.1) is 0 Å². The van der Waals surface area contributed by atoms with Crippen LogP contribution in [-0.2, 0) is 13.6 Å². The lowest BCUT2D eigenvalue weighted by Crippen LogP contribution is -2.18. The Kier molecular flexibility index (Phi) is 13.2. The fourth-order valence-electron chi connectivity index (χ4n) is 1.50. The monoisotopic (exact) mass is 279 g/mol. The van der Waals surface area contributed by atoms with E-state index in [0.29, 0.717) is 6.10 Å². The number of thioether (sulfide) groups is 1. The molecule has 3 nitrogen and oxygen atoms in total. The van der Waals surface area contributed by atoms with Crippen molar-refractivity contribution in [1.82, 2.24) is 0 Å². The molecule has 1 radical (unpaired) electrons. The van der Waals surface area contributed by atoms with Crippen molar-refractivity contribution in [2.24, 2.45) is 0 Å². The summed E-state index contributed by atoms with van der Waals surface area (Å²) in [7, 11) is 2.50. The van der Waals surface area contributed by atoms with E-state index in [2.05, 4.69) is 13.8 Å². The molecule has 1 unspecified atom stereocenters. The average molecular weight is 279 g/mol. The lowest BCUT2D eigenvalue weighted by molar-refractivity contribution is 0.0772. The minimum Gasteiger partial charge on any atom is -0.397 e. The molecule has 0 aromatic heterocycles. The molecule has 0 amide bonds. The van der Waals surface area contributed by atoms with Crippen LogP contribution in [0.2, 0.25) is 6.04 Å². The largest absolute Gasteiger partial charge is 0.397 e. The molecule has 0 fully saturated rings. The van der Waals surface area contributed by atoms with E-state index in [1.54, 1.807) is 14.2 Å². The average Bonchev–Trinajstić information content (AvgIpc) is 2.36. The Bertz CT molecular complexity index is 157. The van der Waals surface area contributed by atoms with Gasteiger partial charge in [0.2, 0.25) is 0 Å². The minimum atomic E-state index is -0.973. The second-order valence-electron chi connectivity index (χ2n) is 3.80. The van der Waals surface area contributed by atoms with Crippen LogP contribution >= 0.6 is 11.8 Å². The van der Waals surface area contributed by atoms with Gasteiger partial charge >= 0.3 is 9.28 Å². The summed E-state index contributed by atoms with van der Waals surface area (Å²) in [5, 5.41) is 0. The number of rotatable bonds is 12. The van der Waals surface area contributed by atoms with Crippen LogP contribution in [0.3, 0.4) is 0 Å². The normalized spacial score (nSPS) is 13.2. The molecule has 103 valence electrons. The van der Waals surface area contributed by atoms with Gasteiger partial charge in [0, 0.05) is 26.6 Å². The van der Waals surface area contributed by atoms with Crippen molar-refractivity contribution < 1.29 is 13.6 Å². The van der Waals surface area contributed by atoms with Gasteiger partial charge in [0.25, 0.3) is 0 Å². The van der Waals surface area contributed by atoms with Gasteiger partial charge in [-0.1, -0.05) is 13.3 Å². The smallest absolute Gasteiger partial charge is 0.384 e. The van der Waals surface area contributed by atoms with Crippen molar-refractivity contribution in [2.75, 3.05) is 32.3 Å². The highest BCUT2D eigenvalue weighted by molar-refractivity contribution is 7.99. The van der Waals surface area contributed by atoms with Crippen LogP contribution in [0.4, 0.5) is 0 Å². The zero-order valence-electron chi connectivity index (χ0n) is 11.7. The maximum Gasteiger partial charge on any atom is 0.384 e. The van der Waals surface area contributed by atoms with Crippen LogP contribution in [-0.4, -0.2) is 47.7 Å². The summed E-state index contributed by atoms with van der Waals surface area (Å²) in [5.41, 5.74) is 0. The van der Waals surface area contributed by atoms with Crippen molar-refractivity contribution in [3.8, 4) is 0 Å². The van der Waals surface area contributed by atoms with E-state index >= 15 is 0 Å². The van der Waals surface area contributed by atoms with Crippen LogP contribution < -0.4 is 0 Å². The van der Waals surface area contributed by atoms with E-state index < -0.39 is 9.28 Å². The number of hydrogen-bond acceptors (Lipinski definition) is 4. The summed E-state index contributed by atoms with van der Waals surface area (Å²) >= 11 is 2.00. The highest BCUT2D eigenvalue weighted by Gasteiger charge is 2.10. The van der Waals surface area contributed by atoms with Crippen LogP contribution in [0, 0.1) is 0 Å². The van der Waals surface area contributed by atoms with Gasteiger partial charge in [-0.05, 0) is 31.6 Å². The molecule has 17 heavy (non-hydrogen) atoms. The molecule has 0 aliphatic heterocycles. The molecule has 0 heterocycles. The summed E-state index contributed by atoms with van der Waals surface area (Å²) in [6.07, 6.45) is 3.99. The van der Waals surface area contributed by atoms with Gasteiger partial charge in [-0.2, -0.15) is 11.8 Å². The summed E-state index contributed by atoms with van der Waals surface area (Å²) < 4.78 is 16.1. The predicted octanol–water partition coefficient (Wildman–Crippen LogP) is 3.10. The standard InChI is InChI=1S/C12H27O3SSi/c1-5-12(15-6-2)11-16-9-7-8-10-17(13-3)14-4/h12H,5-11H2,1-4H3.